The second-order valence-corrected chi connectivity index (χ2v) is 5.21. The molecule has 3 nitrogen and oxygen atoms in total. The second-order valence-electron chi connectivity index (χ2n) is 4.81. The Labute approximate surface area is 127 Å². The number of aromatic nitrogens is 2. The van der Waals surface area contributed by atoms with Crippen LogP contribution in [0.1, 0.15) is 36.7 Å². The summed E-state index contributed by atoms with van der Waals surface area (Å²) in [4.78, 5) is 0. The Balaban J connectivity index is 2.58. The van der Waals surface area contributed by atoms with Crippen LogP contribution >= 0.6 is 11.6 Å². The predicted octanol–water partition coefficient (Wildman–Crippen LogP) is 3.84. The van der Waals surface area contributed by atoms with Crippen LogP contribution in [-0.4, -0.2) is 16.3 Å². The SMILES string of the molecule is CCNC(c1cc(C)c(F)cc1F)c1c(Cl)cnn1CC. The first kappa shape index (κ1) is 15.9. The molecule has 0 radical (unpaired) electrons. The van der Waals surface area contributed by atoms with Crippen LogP contribution in [0.5, 0.6) is 0 Å². The second kappa shape index (κ2) is 6.54. The number of hydrogen-bond acceptors (Lipinski definition) is 2. The van der Waals surface area contributed by atoms with Crippen molar-refractivity contribution >= 4 is 11.6 Å². The fourth-order valence-electron chi connectivity index (χ4n) is 2.37. The molecule has 0 saturated heterocycles. The van der Waals surface area contributed by atoms with Gasteiger partial charge in [-0.25, -0.2) is 8.78 Å². The third-order valence-corrected chi connectivity index (χ3v) is 3.69. The van der Waals surface area contributed by atoms with Crippen molar-refractivity contribution in [3.8, 4) is 0 Å². The molecule has 1 atom stereocenters. The van der Waals surface area contributed by atoms with E-state index < -0.39 is 17.7 Å². The molecule has 1 unspecified atom stereocenters. The summed E-state index contributed by atoms with van der Waals surface area (Å²) in [5, 5.41) is 7.84. The molecule has 0 aliphatic heterocycles. The zero-order valence-corrected chi connectivity index (χ0v) is 13.0. The van der Waals surface area contributed by atoms with Gasteiger partial charge in [0.15, 0.2) is 0 Å². The van der Waals surface area contributed by atoms with Crippen LogP contribution in [0.2, 0.25) is 5.02 Å². The number of rotatable bonds is 5. The number of halogens is 3. The molecular formula is C15H18ClF2N3. The summed E-state index contributed by atoms with van der Waals surface area (Å²) in [7, 11) is 0. The average molecular weight is 314 g/mol. The number of hydrogen-bond donors (Lipinski definition) is 1. The minimum atomic E-state index is -0.594. The molecule has 114 valence electrons. The van der Waals surface area contributed by atoms with E-state index in [9.17, 15) is 8.78 Å². The highest BCUT2D eigenvalue weighted by Gasteiger charge is 2.24. The van der Waals surface area contributed by atoms with E-state index in [1.54, 1.807) is 17.8 Å². The number of benzene rings is 1. The molecule has 0 amide bonds. The van der Waals surface area contributed by atoms with Gasteiger partial charge in [-0.3, -0.25) is 4.68 Å². The van der Waals surface area contributed by atoms with Gasteiger partial charge in [-0.2, -0.15) is 5.10 Å². The molecule has 0 aliphatic rings. The van der Waals surface area contributed by atoms with Crippen LogP contribution in [0.3, 0.4) is 0 Å². The van der Waals surface area contributed by atoms with Gasteiger partial charge < -0.3 is 5.32 Å². The summed E-state index contributed by atoms with van der Waals surface area (Å²) < 4.78 is 29.4. The number of nitrogens with zero attached hydrogens (tertiary/aromatic N) is 2. The van der Waals surface area contributed by atoms with Gasteiger partial charge in [-0.05, 0) is 32.0 Å². The topological polar surface area (TPSA) is 29.9 Å². The molecule has 0 saturated carbocycles. The van der Waals surface area contributed by atoms with Crippen molar-refractivity contribution < 1.29 is 8.78 Å². The van der Waals surface area contributed by atoms with Crippen molar-refractivity contribution in [1.82, 2.24) is 15.1 Å². The Hall–Kier alpha value is -1.46. The monoisotopic (exact) mass is 313 g/mol. The summed E-state index contributed by atoms with van der Waals surface area (Å²) in [6.07, 6.45) is 1.54. The van der Waals surface area contributed by atoms with Crippen molar-refractivity contribution in [2.24, 2.45) is 0 Å². The molecular weight excluding hydrogens is 296 g/mol. The molecule has 1 aromatic carbocycles. The van der Waals surface area contributed by atoms with E-state index in [4.69, 9.17) is 11.6 Å². The Kier molecular flexibility index (Phi) is 4.96. The maximum Gasteiger partial charge on any atom is 0.131 e. The summed E-state index contributed by atoms with van der Waals surface area (Å²) in [5.41, 5.74) is 1.45. The summed E-state index contributed by atoms with van der Waals surface area (Å²) in [5.74, 6) is -1.15. The van der Waals surface area contributed by atoms with Gasteiger partial charge in [0.25, 0.3) is 0 Å². The van der Waals surface area contributed by atoms with Crippen LogP contribution < -0.4 is 5.32 Å². The lowest BCUT2D eigenvalue weighted by Gasteiger charge is -2.21. The third-order valence-electron chi connectivity index (χ3n) is 3.40. The van der Waals surface area contributed by atoms with E-state index in [0.717, 1.165) is 6.07 Å². The largest absolute Gasteiger partial charge is 0.305 e. The van der Waals surface area contributed by atoms with Crippen molar-refractivity contribution in [3.63, 3.8) is 0 Å². The van der Waals surface area contributed by atoms with Gasteiger partial charge in [-0.15, -0.1) is 0 Å². The van der Waals surface area contributed by atoms with Gasteiger partial charge >= 0.3 is 0 Å². The Morgan fingerprint density at radius 1 is 1.29 bits per heavy atom. The molecule has 2 rings (SSSR count). The summed E-state index contributed by atoms with van der Waals surface area (Å²) >= 11 is 6.21. The van der Waals surface area contributed by atoms with Crippen LogP contribution in [0, 0.1) is 18.6 Å². The average Bonchev–Trinajstić information content (AvgIpc) is 2.81. The minimum absolute atomic E-state index is 0.368. The fourth-order valence-corrected chi connectivity index (χ4v) is 2.62. The van der Waals surface area contributed by atoms with Gasteiger partial charge in [-0.1, -0.05) is 18.5 Å². The van der Waals surface area contributed by atoms with Crippen LogP contribution in [0.25, 0.3) is 0 Å². The van der Waals surface area contributed by atoms with E-state index in [1.807, 2.05) is 13.8 Å². The molecule has 0 fully saturated rings. The van der Waals surface area contributed by atoms with E-state index in [-0.39, 0.29) is 0 Å². The molecule has 6 heteroatoms. The Morgan fingerprint density at radius 2 is 2.00 bits per heavy atom. The quantitative estimate of drug-likeness (QED) is 0.909. The van der Waals surface area contributed by atoms with Crippen molar-refractivity contribution in [2.45, 2.75) is 33.4 Å². The molecule has 1 heterocycles. The first-order chi connectivity index (χ1) is 9.99. The third kappa shape index (κ3) is 3.09. The molecule has 21 heavy (non-hydrogen) atoms. The highest BCUT2D eigenvalue weighted by atomic mass is 35.5. The normalized spacial score (nSPS) is 12.7. The predicted molar refractivity (Wildman–Crippen MR) is 79.5 cm³/mol. The summed E-state index contributed by atoms with van der Waals surface area (Å²) in [6.45, 7) is 6.70. The highest BCUT2D eigenvalue weighted by molar-refractivity contribution is 6.31. The standard InChI is InChI=1S/C15H18ClF2N3/c1-4-19-14(15-11(16)8-20-21(15)5-2)10-6-9(3)12(17)7-13(10)18/h6-8,14,19H,4-5H2,1-3H3. The van der Waals surface area contributed by atoms with Crippen LogP contribution in [-0.2, 0) is 6.54 Å². The number of nitrogens with one attached hydrogen (secondary N) is 1. The molecule has 0 spiro atoms. The van der Waals surface area contributed by atoms with Crippen molar-refractivity contribution in [1.29, 1.82) is 0 Å². The molecule has 0 aliphatic carbocycles. The Morgan fingerprint density at radius 3 is 2.62 bits per heavy atom. The van der Waals surface area contributed by atoms with E-state index in [2.05, 4.69) is 10.4 Å². The molecule has 2 aromatic rings. The van der Waals surface area contributed by atoms with Gasteiger partial charge in [0.2, 0.25) is 0 Å². The van der Waals surface area contributed by atoms with E-state index in [0.29, 0.717) is 34.9 Å². The fraction of sp³-hybridized carbons (Fsp3) is 0.400. The van der Waals surface area contributed by atoms with Crippen LogP contribution in [0.4, 0.5) is 8.78 Å². The first-order valence-electron chi connectivity index (χ1n) is 6.89. The zero-order valence-electron chi connectivity index (χ0n) is 12.3. The van der Waals surface area contributed by atoms with Gasteiger partial charge in [0.05, 0.1) is 23.0 Å². The molecule has 0 bridgehead atoms. The number of aryl methyl sites for hydroxylation is 2. The lowest BCUT2D eigenvalue weighted by Crippen LogP contribution is -2.26. The van der Waals surface area contributed by atoms with Crippen molar-refractivity contribution in [2.75, 3.05) is 6.54 Å². The lowest BCUT2D eigenvalue weighted by molar-refractivity contribution is 0.507. The van der Waals surface area contributed by atoms with E-state index >= 15 is 0 Å². The Bertz CT molecular complexity index is 640. The zero-order chi connectivity index (χ0) is 15.6. The highest BCUT2D eigenvalue weighted by Crippen LogP contribution is 2.31. The van der Waals surface area contributed by atoms with Gasteiger partial charge in [0.1, 0.15) is 11.6 Å². The van der Waals surface area contributed by atoms with Crippen molar-refractivity contribution in [3.05, 3.63) is 51.8 Å². The molecule has 1 N–H and O–H groups in total. The molecule has 1 aromatic heterocycles. The summed E-state index contributed by atoms with van der Waals surface area (Å²) in [6, 6.07) is 1.96. The van der Waals surface area contributed by atoms with Gasteiger partial charge in [0, 0.05) is 18.2 Å². The van der Waals surface area contributed by atoms with Crippen LogP contribution in [0.15, 0.2) is 18.3 Å². The lowest BCUT2D eigenvalue weighted by atomic mass is 10.00. The minimum Gasteiger partial charge on any atom is -0.305 e. The van der Waals surface area contributed by atoms with E-state index in [1.165, 1.54) is 6.07 Å². The first-order valence-corrected chi connectivity index (χ1v) is 7.27. The smallest absolute Gasteiger partial charge is 0.131 e. The maximum atomic E-state index is 14.2. The maximum absolute atomic E-state index is 14.2.